The number of nitriles is 1. The Kier molecular flexibility index (Phi) is 3.20. The molecule has 0 aliphatic rings. The Balaban J connectivity index is 2.21. The first-order valence-corrected chi connectivity index (χ1v) is 5.54. The van der Waals surface area contributed by atoms with Gasteiger partial charge >= 0.3 is 0 Å². The summed E-state index contributed by atoms with van der Waals surface area (Å²) in [5.74, 6) is 1.20. The van der Waals surface area contributed by atoms with Crippen LogP contribution in [0.1, 0.15) is 11.3 Å². The SMILES string of the molecule is Cc1nn(C)c(Oc2ccc(CC#N)cc2)c1N. The van der Waals surface area contributed by atoms with Gasteiger partial charge in [-0.2, -0.15) is 10.4 Å². The Bertz CT molecular complexity index is 593. The number of aromatic nitrogens is 2. The average Bonchev–Trinajstić information content (AvgIpc) is 2.59. The normalized spacial score (nSPS) is 10.1. The molecule has 92 valence electrons. The molecule has 0 aliphatic carbocycles. The topological polar surface area (TPSA) is 76.9 Å². The molecule has 0 spiro atoms. The van der Waals surface area contributed by atoms with Crippen molar-refractivity contribution in [3.8, 4) is 17.7 Å². The molecule has 5 heteroatoms. The maximum Gasteiger partial charge on any atom is 0.241 e. The van der Waals surface area contributed by atoms with Crippen LogP contribution < -0.4 is 10.5 Å². The predicted molar refractivity (Wildman–Crippen MR) is 68.2 cm³/mol. The lowest BCUT2D eigenvalue weighted by atomic mass is 10.2. The number of hydrogen-bond donors (Lipinski definition) is 1. The van der Waals surface area contributed by atoms with Crippen molar-refractivity contribution in [2.75, 3.05) is 5.73 Å². The van der Waals surface area contributed by atoms with Gasteiger partial charge in [-0.15, -0.1) is 0 Å². The van der Waals surface area contributed by atoms with E-state index in [-0.39, 0.29) is 0 Å². The standard InChI is InChI=1S/C13H14N4O/c1-9-12(15)13(17(2)16-9)18-11-5-3-10(4-6-11)7-8-14/h3-6H,7,15H2,1-2H3. The Morgan fingerprint density at radius 2 is 2.06 bits per heavy atom. The van der Waals surface area contributed by atoms with Crippen molar-refractivity contribution in [3.63, 3.8) is 0 Å². The van der Waals surface area contributed by atoms with Gasteiger partial charge in [0, 0.05) is 7.05 Å². The Hall–Kier alpha value is -2.48. The van der Waals surface area contributed by atoms with Crippen LogP contribution in [0.25, 0.3) is 0 Å². The summed E-state index contributed by atoms with van der Waals surface area (Å²) in [6.45, 7) is 1.83. The van der Waals surface area contributed by atoms with E-state index in [0.29, 0.717) is 23.7 Å². The van der Waals surface area contributed by atoms with E-state index in [1.165, 1.54) is 0 Å². The Labute approximate surface area is 105 Å². The quantitative estimate of drug-likeness (QED) is 0.894. The summed E-state index contributed by atoms with van der Waals surface area (Å²) < 4.78 is 7.29. The molecule has 1 aromatic carbocycles. The number of hydrogen-bond acceptors (Lipinski definition) is 4. The third kappa shape index (κ3) is 2.28. The highest BCUT2D eigenvalue weighted by Gasteiger charge is 2.11. The number of ether oxygens (including phenoxy) is 1. The second-order valence-corrected chi connectivity index (χ2v) is 4.01. The first-order chi connectivity index (χ1) is 8.61. The van der Waals surface area contributed by atoms with Crippen molar-refractivity contribution in [1.29, 1.82) is 5.26 Å². The highest BCUT2D eigenvalue weighted by Crippen LogP contribution is 2.29. The average molecular weight is 242 g/mol. The van der Waals surface area contributed by atoms with Crippen LogP contribution in [0.3, 0.4) is 0 Å². The van der Waals surface area contributed by atoms with E-state index in [9.17, 15) is 0 Å². The molecule has 0 radical (unpaired) electrons. The van der Waals surface area contributed by atoms with Gasteiger partial charge in [0.1, 0.15) is 11.4 Å². The van der Waals surface area contributed by atoms with E-state index < -0.39 is 0 Å². The summed E-state index contributed by atoms with van der Waals surface area (Å²) in [5.41, 5.74) is 8.12. The van der Waals surface area contributed by atoms with Gasteiger partial charge in [0.05, 0.1) is 18.2 Å². The fraction of sp³-hybridized carbons (Fsp3) is 0.231. The third-order valence-electron chi connectivity index (χ3n) is 2.64. The van der Waals surface area contributed by atoms with E-state index in [2.05, 4.69) is 11.2 Å². The molecule has 5 nitrogen and oxygen atoms in total. The van der Waals surface area contributed by atoms with E-state index in [1.807, 2.05) is 31.2 Å². The van der Waals surface area contributed by atoms with Gasteiger partial charge in [0.2, 0.25) is 5.88 Å². The van der Waals surface area contributed by atoms with Gasteiger partial charge in [0.25, 0.3) is 0 Å². The van der Waals surface area contributed by atoms with Crippen LogP contribution in [0, 0.1) is 18.3 Å². The predicted octanol–water partition coefficient (Wildman–Crippen LogP) is 2.17. The molecule has 2 rings (SSSR count). The molecule has 18 heavy (non-hydrogen) atoms. The van der Waals surface area contributed by atoms with Crippen molar-refractivity contribution in [2.24, 2.45) is 7.05 Å². The molecule has 0 unspecified atom stereocenters. The highest BCUT2D eigenvalue weighted by atomic mass is 16.5. The molecule has 0 bridgehead atoms. The van der Waals surface area contributed by atoms with Crippen molar-refractivity contribution in [1.82, 2.24) is 9.78 Å². The van der Waals surface area contributed by atoms with Crippen molar-refractivity contribution >= 4 is 5.69 Å². The zero-order valence-electron chi connectivity index (χ0n) is 10.3. The lowest BCUT2D eigenvalue weighted by Gasteiger charge is -2.06. The van der Waals surface area contributed by atoms with Crippen LogP contribution in [-0.4, -0.2) is 9.78 Å². The van der Waals surface area contributed by atoms with Gasteiger partial charge < -0.3 is 10.5 Å². The van der Waals surface area contributed by atoms with E-state index >= 15 is 0 Å². The van der Waals surface area contributed by atoms with Gasteiger partial charge in [-0.1, -0.05) is 12.1 Å². The number of anilines is 1. The Morgan fingerprint density at radius 3 is 2.56 bits per heavy atom. The summed E-state index contributed by atoms with van der Waals surface area (Å²) in [4.78, 5) is 0. The van der Waals surface area contributed by atoms with Gasteiger partial charge in [-0.3, -0.25) is 0 Å². The van der Waals surface area contributed by atoms with E-state index in [0.717, 1.165) is 11.3 Å². The summed E-state index contributed by atoms with van der Waals surface area (Å²) in [7, 11) is 1.78. The zero-order valence-corrected chi connectivity index (χ0v) is 10.3. The second-order valence-electron chi connectivity index (χ2n) is 4.01. The largest absolute Gasteiger partial charge is 0.437 e. The zero-order chi connectivity index (χ0) is 13.1. The molecule has 0 saturated carbocycles. The Morgan fingerprint density at radius 1 is 1.39 bits per heavy atom. The number of nitrogens with two attached hydrogens (primary N) is 1. The molecule has 0 amide bonds. The molecule has 2 aromatic rings. The fourth-order valence-electron chi connectivity index (χ4n) is 1.65. The maximum absolute atomic E-state index is 8.59. The number of benzene rings is 1. The van der Waals surface area contributed by atoms with Crippen LogP contribution in [0.5, 0.6) is 11.6 Å². The van der Waals surface area contributed by atoms with Crippen LogP contribution >= 0.6 is 0 Å². The van der Waals surface area contributed by atoms with Crippen molar-refractivity contribution < 1.29 is 4.74 Å². The minimum atomic E-state index is 0.396. The lowest BCUT2D eigenvalue weighted by Crippen LogP contribution is -1.97. The number of nitrogen functional groups attached to an aromatic ring is 1. The first-order valence-electron chi connectivity index (χ1n) is 5.54. The van der Waals surface area contributed by atoms with Crippen LogP contribution in [0.4, 0.5) is 5.69 Å². The molecule has 0 saturated heterocycles. The van der Waals surface area contributed by atoms with Crippen molar-refractivity contribution in [2.45, 2.75) is 13.3 Å². The molecule has 1 aromatic heterocycles. The molecule has 2 N–H and O–H groups in total. The van der Waals surface area contributed by atoms with Crippen molar-refractivity contribution in [3.05, 3.63) is 35.5 Å². The molecule has 1 heterocycles. The third-order valence-corrected chi connectivity index (χ3v) is 2.64. The van der Waals surface area contributed by atoms with Gasteiger partial charge in [0.15, 0.2) is 0 Å². The first kappa shape index (κ1) is 12.0. The second kappa shape index (κ2) is 4.80. The van der Waals surface area contributed by atoms with Gasteiger partial charge in [-0.25, -0.2) is 4.68 Å². The lowest BCUT2D eigenvalue weighted by molar-refractivity contribution is 0.432. The minimum absolute atomic E-state index is 0.396. The van der Waals surface area contributed by atoms with Crippen LogP contribution in [0.15, 0.2) is 24.3 Å². The van der Waals surface area contributed by atoms with Crippen LogP contribution in [0.2, 0.25) is 0 Å². The monoisotopic (exact) mass is 242 g/mol. The molecule has 0 fully saturated rings. The number of rotatable bonds is 3. The highest BCUT2D eigenvalue weighted by molar-refractivity contribution is 5.53. The summed E-state index contributed by atoms with van der Waals surface area (Å²) in [5, 5.41) is 12.8. The smallest absolute Gasteiger partial charge is 0.241 e. The number of aryl methyl sites for hydroxylation is 2. The van der Waals surface area contributed by atoms with Crippen LogP contribution in [-0.2, 0) is 13.5 Å². The van der Waals surface area contributed by atoms with E-state index in [1.54, 1.807) is 11.7 Å². The molecule has 0 atom stereocenters. The number of nitrogens with zero attached hydrogens (tertiary/aromatic N) is 3. The summed E-state index contributed by atoms with van der Waals surface area (Å²) in [6, 6.07) is 9.45. The molecular formula is C13H14N4O. The molecular weight excluding hydrogens is 228 g/mol. The summed E-state index contributed by atoms with van der Waals surface area (Å²) >= 11 is 0. The van der Waals surface area contributed by atoms with Gasteiger partial charge in [-0.05, 0) is 24.6 Å². The fourth-order valence-corrected chi connectivity index (χ4v) is 1.65. The maximum atomic E-state index is 8.59. The molecule has 0 aliphatic heterocycles. The van der Waals surface area contributed by atoms with E-state index in [4.69, 9.17) is 15.7 Å². The summed E-state index contributed by atoms with van der Waals surface area (Å²) in [6.07, 6.45) is 0.396. The minimum Gasteiger partial charge on any atom is -0.437 e.